The zero-order chi connectivity index (χ0) is 16.4. The molecule has 0 radical (unpaired) electrons. The van der Waals surface area contributed by atoms with Gasteiger partial charge in [-0.15, -0.1) is 0 Å². The molecule has 0 N–H and O–H groups in total. The van der Waals surface area contributed by atoms with Crippen molar-refractivity contribution in [2.24, 2.45) is 0 Å². The van der Waals surface area contributed by atoms with Crippen LogP contribution in [0.5, 0.6) is 11.5 Å². The lowest BCUT2D eigenvalue weighted by Gasteiger charge is -2.20. The second-order valence-corrected chi connectivity index (χ2v) is 4.98. The van der Waals surface area contributed by atoms with Crippen LogP contribution in [0.4, 0.5) is 19.1 Å². The average molecular weight is 325 g/mol. The quantitative estimate of drug-likeness (QED) is 0.850. The summed E-state index contributed by atoms with van der Waals surface area (Å²) in [6.07, 6.45) is -3.38. The van der Waals surface area contributed by atoms with Crippen LogP contribution < -0.4 is 14.4 Å². The Hall–Kier alpha value is -2.51. The van der Waals surface area contributed by atoms with Gasteiger partial charge in [-0.1, -0.05) is 0 Å². The number of nitrogens with zero attached hydrogens (tertiary/aromatic N) is 3. The highest BCUT2D eigenvalue weighted by Gasteiger charge is 2.33. The molecule has 0 unspecified atom stereocenters. The predicted octanol–water partition coefficient (Wildman–Crippen LogP) is 2.90. The van der Waals surface area contributed by atoms with E-state index >= 15 is 0 Å². The summed E-state index contributed by atoms with van der Waals surface area (Å²) in [4.78, 5) is 9.25. The molecule has 3 rings (SSSR count). The van der Waals surface area contributed by atoms with Crippen molar-refractivity contribution in [3.05, 3.63) is 41.7 Å². The smallest absolute Gasteiger partial charge is 0.433 e. The van der Waals surface area contributed by atoms with Crippen molar-refractivity contribution >= 4 is 5.95 Å². The Balaban J connectivity index is 1.89. The Morgan fingerprint density at radius 3 is 2.83 bits per heavy atom. The highest BCUT2D eigenvalue weighted by molar-refractivity contribution is 5.44. The highest BCUT2D eigenvalue weighted by Crippen LogP contribution is 2.31. The Bertz CT molecular complexity index is 707. The molecule has 0 atom stereocenters. The molecule has 1 aliphatic rings. The molecule has 2 heterocycles. The Morgan fingerprint density at radius 2 is 2.09 bits per heavy atom. The van der Waals surface area contributed by atoms with Gasteiger partial charge in [0.15, 0.2) is 0 Å². The van der Waals surface area contributed by atoms with Gasteiger partial charge in [-0.2, -0.15) is 13.2 Å². The van der Waals surface area contributed by atoms with Crippen molar-refractivity contribution < 1.29 is 22.6 Å². The number of alkyl halides is 3. The van der Waals surface area contributed by atoms with Crippen molar-refractivity contribution in [3.8, 4) is 11.5 Å². The van der Waals surface area contributed by atoms with E-state index in [-0.39, 0.29) is 5.95 Å². The lowest BCUT2D eigenvalue weighted by Crippen LogP contribution is -2.28. The van der Waals surface area contributed by atoms with Gasteiger partial charge in [0.25, 0.3) is 0 Å². The molecule has 0 saturated heterocycles. The maximum Gasteiger partial charge on any atom is 0.433 e. The minimum absolute atomic E-state index is 0.0343. The monoisotopic (exact) mass is 325 g/mol. The summed E-state index contributed by atoms with van der Waals surface area (Å²) in [5.74, 6) is 1.35. The molecular formula is C15H14F3N3O2. The number of fused-ring (bicyclic) bond motifs is 1. The second-order valence-electron chi connectivity index (χ2n) is 4.98. The van der Waals surface area contributed by atoms with Crippen LogP contribution in [0, 0.1) is 0 Å². The summed E-state index contributed by atoms with van der Waals surface area (Å²) >= 11 is 0. The van der Waals surface area contributed by atoms with Crippen LogP contribution in [0.25, 0.3) is 0 Å². The van der Waals surface area contributed by atoms with E-state index in [2.05, 4.69) is 9.97 Å². The van der Waals surface area contributed by atoms with Crippen LogP contribution in [0.1, 0.15) is 11.3 Å². The zero-order valence-electron chi connectivity index (χ0n) is 12.3. The molecule has 0 fully saturated rings. The molecule has 0 spiro atoms. The first-order valence-corrected chi connectivity index (χ1v) is 6.92. The predicted molar refractivity (Wildman–Crippen MR) is 76.6 cm³/mol. The number of methoxy groups -OCH3 is 1. The van der Waals surface area contributed by atoms with Gasteiger partial charge in [-0.25, -0.2) is 9.97 Å². The molecular weight excluding hydrogens is 311 g/mol. The lowest BCUT2D eigenvalue weighted by atomic mass is 10.2. The van der Waals surface area contributed by atoms with Crippen molar-refractivity contribution in [1.82, 2.24) is 9.97 Å². The van der Waals surface area contributed by atoms with Gasteiger partial charge >= 0.3 is 6.18 Å². The molecule has 5 nitrogen and oxygen atoms in total. The van der Waals surface area contributed by atoms with Gasteiger partial charge in [0, 0.05) is 24.4 Å². The number of hydrogen-bond acceptors (Lipinski definition) is 5. The topological polar surface area (TPSA) is 47.5 Å². The largest absolute Gasteiger partial charge is 0.497 e. The Labute approximate surface area is 130 Å². The van der Waals surface area contributed by atoms with Crippen molar-refractivity contribution in [2.45, 2.75) is 12.7 Å². The number of rotatable bonds is 2. The van der Waals surface area contributed by atoms with Crippen LogP contribution in [0.3, 0.4) is 0 Å². The second kappa shape index (κ2) is 5.94. The number of aromatic nitrogens is 2. The van der Waals surface area contributed by atoms with E-state index in [1.807, 2.05) is 6.07 Å². The molecule has 23 heavy (non-hydrogen) atoms. The highest BCUT2D eigenvalue weighted by atomic mass is 19.4. The van der Waals surface area contributed by atoms with Gasteiger partial charge in [-0.05, 0) is 18.2 Å². The molecule has 1 aliphatic heterocycles. The number of halogens is 3. The Morgan fingerprint density at radius 1 is 1.26 bits per heavy atom. The lowest BCUT2D eigenvalue weighted by molar-refractivity contribution is -0.141. The van der Waals surface area contributed by atoms with Crippen molar-refractivity contribution in [2.75, 3.05) is 25.2 Å². The molecule has 2 aromatic rings. The first kappa shape index (κ1) is 15.4. The maximum atomic E-state index is 12.8. The minimum atomic E-state index is -4.49. The zero-order valence-corrected chi connectivity index (χ0v) is 12.3. The van der Waals surface area contributed by atoms with Crippen LogP contribution in [-0.4, -0.2) is 30.2 Å². The molecule has 0 aliphatic carbocycles. The molecule has 0 bridgehead atoms. The van der Waals surface area contributed by atoms with E-state index in [0.29, 0.717) is 31.2 Å². The fourth-order valence-electron chi connectivity index (χ4n) is 2.31. The fourth-order valence-corrected chi connectivity index (χ4v) is 2.31. The standard InChI is InChI=1S/C15H14F3N3O2/c1-22-11-3-2-10-9-21(6-7-23-12(10)8-11)14-19-5-4-13(20-14)15(16,17)18/h2-5,8H,6-7,9H2,1H3. The number of ether oxygens (including phenoxy) is 2. The van der Waals surface area contributed by atoms with Gasteiger partial charge in [0.1, 0.15) is 23.8 Å². The van der Waals surface area contributed by atoms with Crippen LogP contribution in [0.15, 0.2) is 30.5 Å². The van der Waals surface area contributed by atoms with Gasteiger partial charge in [-0.3, -0.25) is 0 Å². The van der Waals surface area contributed by atoms with Crippen LogP contribution >= 0.6 is 0 Å². The van der Waals surface area contributed by atoms with Crippen molar-refractivity contribution in [1.29, 1.82) is 0 Å². The maximum absolute atomic E-state index is 12.8. The SMILES string of the molecule is COc1ccc2c(c1)OCCN(c1nccc(C(F)(F)F)n1)C2. The summed E-state index contributed by atoms with van der Waals surface area (Å²) in [6, 6.07) is 6.21. The first-order valence-electron chi connectivity index (χ1n) is 6.92. The number of hydrogen-bond donors (Lipinski definition) is 0. The van der Waals surface area contributed by atoms with Gasteiger partial charge in [0.05, 0.1) is 13.7 Å². The third kappa shape index (κ3) is 3.30. The first-order chi connectivity index (χ1) is 11.0. The third-order valence-corrected chi connectivity index (χ3v) is 3.47. The molecule has 1 aromatic carbocycles. The summed E-state index contributed by atoms with van der Waals surface area (Å²) in [7, 11) is 1.56. The number of anilines is 1. The Kier molecular flexibility index (Phi) is 3.97. The van der Waals surface area contributed by atoms with E-state index in [4.69, 9.17) is 9.47 Å². The molecule has 0 saturated carbocycles. The summed E-state index contributed by atoms with van der Waals surface area (Å²) in [5.41, 5.74) is -0.119. The minimum Gasteiger partial charge on any atom is -0.497 e. The van der Waals surface area contributed by atoms with Crippen molar-refractivity contribution in [3.63, 3.8) is 0 Å². The summed E-state index contributed by atoms with van der Waals surface area (Å²) < 4.78 is 49.2. The van der Waals surface area contributed by atoms with E-state index < -0.39 is 11.9 Å². The van der Waals surface area contributed by atoms with Crippen LogP contribution in [-0.2, 0) is 12.7 Å². The van der Waals surface area contributed by atoms with Gasteiger partial charge in [0.2, 0.25) is 5.95 Å². The molecule has 8 heteroatoms. The molecule has 1 aromatic heterocycles. The third-order valence-electron chi connectivity index (χ3n) is 3.47. The summed E-state index contributed by atoms with van der Waals surface area (Å²) in [6.45, 7) is 1.07. The van der Waals surface area contributed by atoms with E-state index in [0.717, 1.165) is 17.8 Å². The molecule has 0 amide bonds. The summed E-state index contributed by atoms with van der Waals surface area (Å²) in [5, 5.41) is 0. The average Bonchev–Trinajstić information content (AvgIpc) is 2.75. The fraction of sp³-hybridized carbons (Fsp3) is 0.333. The van der Waals surface area contributed by atoms with Gasteiger partial charge < -0.3 is 14.4 Å². The van der Waals surface area contributed by atoms with E-state index in [1.165, 1.54) is 0 Å². The number of benzene rings is 1. The van der Waals surface area contributed by atoms with Crippen LogP contribution in [0.2, 0.25) is 0 Å². The molecule has 122 valence electrons. The van der Waals surface area contributed by atoms with E-state index in [9.17, 15) is 13.2 Å². The normalized spacial score (nSPS) is 14.7. The van der Waals surface area contributed by atoms with E-state index in [1.54, 1.807) is 24.1 Å².